The Kier molecular flexibility index (Phi) is 3.24. The number of carbonyl (C=O) groups is 1. The van der Waals surface area contributed by atoms with Crippen LogP contribution in [0, 0.1) is 12.3 Å². The van der Waals surface area contributed by atoms with Crippen molar-refractivity contribution in [2.24, 2.45) is 5.73 Å². The molecule has 6 nitrogen and oxygen atoms in total. The van der Waals surface area contributed by atoms with E-state index in [4.69, 9.17) is 16.9 Å². The molecule has 22 heavy (non-hydrogen) atoms. The quantitative estimate of drug-likeness (QED) is 0.742. The summed E-state index contributed by atoms with van der Waals surface area (Å²) in [6.45, 7) is 0. The minimum Gasteiger partial charge on any atom is -0.497 e. The lowest BCUT2D eigenvalue weighted by Crippen LogP contribution is -2.12. The first kappa shape index (κ1) is 13.6. The molecule has 1 aromatic carbocycles. The number of benzene rings is 1. The molecule has 108 valence electrons. The van der Waals surface area contributed by atoms with Gasteiger partial charge in [-0.2, -0.15) is 5.10 Å². The molecule has 0 aliphatic rings. The first-order valence-electron chi connectivity index (χ1n) is 6.43. The van der Waals surface area contributed by atoms with Crippen LogP contribution in [0.1, 0.15) is 16.1 Å². The average molecular weight is 292 g/mol. The van der Waals surface area contributed by atoms with Gasteiger partial charge in [-0.25, -0.2) is 9.67 Å². The van der Waals surface area contributed by atoms with Gasteiger partial charge in [-0.1, -0.05) is 5.92 Å². The Bertz CT molecular complexity index is 922. The highest BCUT2D eigenvalue weighted by molar-refractivity contribution is 6.03. The van der Waals surface area contributed by atoms with Crippen molar-refractivity contribution >= 4 is 16.9 Å². The molecule has 0 saturated carbocycles. The Morgan fingerprint density at radius 1 is 1.41 bits per heavy atom. The molecule has 1 amide bonds. The maximum atomic E-state index is 11.6. The molecule has 0 fully saturated rings. The Morgan fingerprint density at radius 3 is 2.91 bits per heavy atom. The number of nitrogens with zero attached hydrogens (tertiary/aromatic N) is 3. The second-order valence-electron chi connectivity index (χ2n) is 4.56. The summed E-state index contributed by atoms with van der Waals surface area (Å²) in [5.41, 5.74) is 7.34. The Balaban J connectivity index is 2.31. The SMILES string of the molecule is C#Cc1cc(OC)cc(-n2nc(C(N)=O)c3cccnc32)c1. The van der Waals surface area contributed by atoms with Gasteiger partial charge in [0.1, 0.15) is 5.75 Å². The van der Waals surface area contributed by atoms with Crippen LogP contribution in [0.4, 0.5) is 0 Å². The zero-order valence-corrected chi connectivity index (χ0v) is 11.8. The monoisotopic (exact) mass is 292 g/mol. The number of nitrogens with two attached hydrogens (primary N) is 1. The highest BCUT2D eigenvalue weighted by Crippen LogP contribution is 2.24. The van der Waals surface area contributed by atoms with E-state index in [1.807, 2.05) is 0 Å². The predicted molar refractivity (Wildman–Crippen MR) is 81.9 cm³/mol. The minimum atomic E-state index is -0.614. The fourth-order valence-corrected chi connectivity index (χ4v) is 2.22. The number of hydrogen-bond acceptors (Lipinski definition) is 4. The van der Waals surface area contributed by atoms with Crippen LogP contribution in [-0.2, 0) is 0 Å². The van der Waals surface area contributed by atoms with E-state index in [9.17, 15) is 4.79 Å². The van der Waals surface area contributed by atoms with E-state index >= 15 is 0 Å². The van der Waals surface area contributed by atoms with Crippen molar-refractivity contribution in [1.29, 1.82) is 0 Å². The normalized spacial score (nSPS) is 10.4. The molecular formula is C16H12N4O2. The Morgan fingerprint density at radius 2 is 2.23 bits per heavy atom. The molecule has 0 aliphatic carbocycles. The van der Waals surface area contributed by atoms with Gasteiger partial charge in [-0.3, -0.25) is 4.79 Å². The van der Waals surface area contributed by atoms with Gasteiger partial charge < -0.3 is 10.5 Å². The minimum absolute atomic E-state index is 0.160. The van der Waals surface area contributed by atoms with E-state index in [0.29, 0.717) is 28.0 Å². The molecular weight excluding hydrogens is 280 g/mol. The summed E-state index contributed by atoms with van der Waals surface area (Å²) in [7, 11) is 1.55. The van der Waals surface area contributed by atoms with E-state index in [2.05, 4.69) is 16.0 Å². The first-order valence-corrected chi connectivity index (χ1v) is 6.43. The van der Waals surface area contributed by atoms with Crippen molar-refractivity contribution < 1.29 is 9.53 Å². The fourth-order valence-electron chi connectivity index (χ4n) is 2.22. The van der Waals surface area contributed by atoms with Crippen molar-refractivity contribution in [3.63, 3.8) is 0 Å². The second-order valence-corrected chi connectivity index (χ2v) is 4.56. The number of fused-ring (bicyclic) bond motifs is 1. The number of primary amides is 1. The summed E-state index contributed by atoms with van der Waals surface area (Å²) in [5, 5.41) is 4.85. The summed E-state index contributed by atoms with van der Waals surface area (Å²) >= 11 is 0. The van der Waals surface area contributed by atoms with E-state index in [-0.39, 0.29) is 5.69 Å². The predicted octanol–water partition coefficient (Wildman–Crippen LogP) is 1.51. The van der Waals surface area contributed by atoms with Crippen molar-refractivity contribution in [2.45, 2.75) is 0 Å². The molecule has 2 N–H and O–H groups in total. The van der Waals surface area contributed by atoms with Crippen LogP contribution in [0.2, 0.25) is 0 Å². The lowest BCUT2D eigenvalue weighted by atomic mass is 10.2. The topological polar surface area (TPSA) is 83.0 Å². The number of amides is 1. The number of methoxy groups -OCH3 is 1. The van der Waals surface area contributed by atoms with Crippen molar-refractivity contribution in [2.75, 3.05) is 7.11 Å². The van der Waals surface area contributed by atoms with Crippen LogP contribution in [0.3, 0.4) is 0 Å². The number of rotatable bonds is 3. The van der Waals surface area contributed by atoms with Crippen LogP contribution < -0.4 is 10.5 Å². The number of carbonyl (C=O) groups excluding carboxylic acids is 1. The zero-order valence-electron chi connectivity index (χ0n) is 11.8. The molecule has 3 aromatic rings. The lowest BCUT2D eigenvalue weighted by Gasteiger charge is -2.07. The Hall–Kier alpha value is -3.33. The van der Waals surface area contributed by atoms with E-state index < -0.39 is 5.91 Å². The molecule has 0 radical (unpaired) electrons. The number of terminal acetylenes is 1. The largest absolute Gasteiger partial charge is 0.497 e. The highest BCUT2D eigenvalue weighted by atomic mass is 16.5. The van der Waals surface area contributed by atoms with Gasteiger partial charge in [0.25, 0.3) is 5.91 Å². The van der Waals surface area contributed by atoms with Crippen LogP contribution in [0.15, 0.2) is 36.5 Å². The molecule has 0 unspecified atom stereocenters. The zero-order chi connectivity index (χ0) is 15.7. The van der Waals surface area contributed by atoms with E-state index in [1.165, 1.54) is 4.68 Å². The molecule has 2 heterocycles. The lowest BCUT2D eigenvalue weighted by molar-refractivity contribution is 0.0996. The summed E-state index contributed by atoms with van der Waals surface area (Å²) in [5.74, 6) is 2.53. The van der Waals surface area contributed by atoms with E-state index in [0.717, 1.165) is 0 Å². The van der Waals surface area contributed by atoms with Gasteiger partial charge in [0.05, 0.1) is 18.2 Å². The third-order valence-corrected chi connectivity index (χ3v) is 3.21. The summed E-state index contributed by atoms with van der Waals surface area (Å²) < 4.78 is 6.76. The third-order valence-electron chi connectivity index (χ3n) is 3.21. The van der Waals surface area contributed by atoms with Gasteiger partial charge in [-0.05, 0) is 24.3 Å². The number of pyridine rings is 1. The van der Waals surface area contributed by atoms with Crippen molar-refractivity contribution in [1.82, 2.24) is 14.8 Å². The summed E-state index contributed by atoms with van der Waals surface area (Å²) in [4.78, 5) is 15.8. The van der Waals surface area contributed by atoms with Crippen LogP contribution >= 0.6 is 0 Å². The maximum absolute atomic E-state index is 11.6. The number of aromatic nitrogens is 3. The van der Waals surface area contributed by atoms with Crippen molar-refractivity contribution in [3.8, 4) is 23.8 Å². The molecule has 0 atom stereocenters. The first-order chi connectivity index (χ1) is 10.6. The fraction of sp³-hybridized carbons (Fsp3) is 0.0625. The smallest absolute Gasteiger partial charge is 0.269 e. The third kappa shape index (κ3) is 2.15. The highest BCUT2D eigenvalue weighted by Gasteiger charge is 2.17. The van der Waals surface area contributed by atoms with Gasteiger partial charge in [-0.15, -0.1) is 6.42 Å². The van der Waals surface area contributed by atoms with Gasteiger partial charge in [0, 0.05) is 17.8 Å². The molecule has 3 rings (SSSR count). The summed E-state index contributed by atoms with van der Waals surface area (Å²) in [6, 6.07) is 8.71. The second kappa shape index (κ2) is 5.22. The van der Waals surface area contributed by atoms with Crippen LogP contribution in [-0.4, -0.2) is 27.8 Å². The summed E-state index contributed by atoms with van der Waals surface area (Å²) in [6.07, 6.45) is 7.08. The molecule has 0 spiro atoms. The molecule has 2 aromatic heterocycles. The van der Waals surface area contributed by atoms with E-state index in [1.54, 1.807) is 43.6 Å². The van der Waals surface area contributed by atoms with Gasteiger partial charge in [0.2, 0.25) is 0 Å². The molecule has 0 aliphatic heterocycles. The molecule has 0 bridgehead atoms. The van der Waals surface area contributed by atoms with Gasteiger partial charge in [0.15, 0.2) is 11.3 Å². The van der Waals surface area contributed by atoms with Crippen LogP contribution in [0.5, 0.6) is 5.75 Å². The molecule has 0 saturated heterocycles. The number of hydrogen-bond donors (Lipinski definition) is 1. The maximum Gasteiger partial charge on any atom is 0.269 e. The Labute approximate surface area is 126 Å². The van der Waals surface area contributed by atoms with Gasteiger partial charge >= 0.3 is 0 Å². The standard InChI is InChI=1S/C16H12N4O2/c1-3-10-7-11(9-12(8-10)22-2)20-16-13(5-4-6-18-16)14(19-20)15(17)21/h1,4-9H,2H3,(H2,17,21). The molecule has 6 heteroatoms. The van der Waals surface area contributed by atoms with Crippen molar-refractivity contribution in [3.05, 3.63) is 47.8 Å². The van der Waals surface area contributed by atoms with Crippen LogP contribution in [0.25, 0.3) is 16.7 Å². The number of ether oxygens (including phenoxy) is 1. The average Bonchev–Trinajstić information content (AvgIpc) is 2.94.